The zero-order valence-corrected chi connectivity index (χ0v) is 13.3. The van der Waals surface area contributed by atoms with Crippen LogP contribution in [0.1, 0.15) is 34.5 Å². The number of hydrogen-bond donors (Lipinski definition) is 1. The van der Waals surface area contributed by atoms with Crippen LogP contribution in [-0.2, 0) is 0 Å². The summed E-state index contributed by atoms with van der Waals surface area (Å²) in [4.78, 5) is 9.82. The molecule has 1 atom stereocenters. The van der Waals surface area contributed by atoms with Crippen molar-refractivity contribution in [1.29, 1.82) is 0 Å². The SMILES string of the molecule is Cc1nc2sc([C@@H](c3cccs3)N3CCCC3)c(O)n2n1. The highest BCUT2D eigenvalue weighted by atomic mass is 32.1. The second-order valence-corrected chi connectivity index (χ2v) is 7.29. The summed E-state index contributed by atoms with van der Waals surface area (Å²) in [6.07, 6.45) is 2.45. The van der Waals surface area contributed by atoms with Crippen molar-refractivity contribution in [3.8, 4) is 5.88 Å². The molecule has 1 saturated heterocycles. The Balaban J connectivity index is 1.84. The molecule has 0 amide bonds. The Hall–Kier alpha value is -1.44. The minimum Gasteiger partial charge on any atom is -0.492 e. The Morgan fingerprint density at radius 2 is 2.14 bits per heavy atom. The van der Waals surface area contributed by atoms with Crippen molar-refractivity contribution in [2.24, 2.45) is 0 Å². The number of aromatic nitrogens is 3. The van der Waals surface area contributed by atoms with Gasteiger partial charge in [-0.25, -0.2) is 4.98 Å². The van der Waals surface area contributed by atoms with Gasteiger partial charge in [0, 0.05) is 4.88 Å². The van der Waals surface area contributed by atoms with Crippen molar-refractivity contribution in [3.05, 3.63) is 33.1 Å². The van der Waals surface area contributed by atoms with Gasteiger partial charge in [-0.2, -0.15) is 4.52 Å². The van der Waals surface area contributed by atoms with Crippen LogP contribution < -0.4 is 0 Å². The van der Waals surface area contributed by atoms with Crippen molar-refractivity contribution in [2.75, 3.05) is 13.1 Å². The van der Waals surface area contributed by atoms with Gasteiger partial charge in [-0.3, -0.25) is 4.90 Å². The maximum Gasteiger partial charge on any atom is 0.230 e. The first-order valence-electron chi connectivity index (χ1n) is 7.06. The van der Waals surface area contributed by atoms with E-state index >= 15 is 0 Å². The Morgan fingerprint density at radius 1 is 1.33 bits per heavy atom. The third kappa shape index (κ3) is 2.16. The van der Waals surface area contributed by atoms with Gasteiger partial charge >= 0.3 is 0 Å². The molecule has 1 aliphatic rings. The molecule has 5 nitrogen and oxygen atoms in total. The number of fused-ring (bicyclic) bond motifs is 1. The Kier molecular flexibility index (Phi) is 3.20. The molecule has 0 saturated carbocycles. The fourth-order valence-corrected chi connectivity index (χ4v) is 5.04. The van der Waals surface area contributed by atoms with E-state index in [4.69, 9.17) is 0 Å². The van der Waals surface area contributed by atoms with E-state index in [1.54, 1.807) is 27.2 Å². The summed E-state index contributed by atoms with van der Waals surface area (Å²) in [6.45, 7) is 4.00. The average Bonchev–Trinajstić information content (AvgIpc) is 3.20. The number of aryl methyl sites for hydroxylation is 1. The summed E-state index contributed by atoms with van der Waals surface area (Å²) < 4.78 is 1.56. The highest BCUT2D eigenvalue weighted by Crippen LogP contribution is 2.42. The highest BCUT2D eigenvalue weighted by molar-refractivity contribution is 7.17. The van der Waals surface area contributed by atoms with Crippen LogP contribution in [0, 0.1) is 6.92 Å². The molecule has 4 heterocycles. The minimum absolute atomic E-state index is 0.126. The van der Waals surface area contributed by atoms with Gasteiger partial charge in [0.2, 0.25) is 10.8 Å². The van der Waals surface area contributed by atoms with Gasteiger partial charge in [-0.15, -0.1) is 16.4 Å². The predicted molar refractivity (Wildman–Crippen MR) is 84.2 cm³/mol. The molecule has 0 aromatic carbocycles. The molecule has 0 unspecified atom stereocenters. The average molecular weight is 320 g/mol. The van der Waals surface area contributed by atoms with Gasteiger partial charge < -0.3 is 5.11 Å². The number of thiazole rings is 1. The van der Waals surface area contributed by atoms with E-state index in [9.17, 15) is 5.11 Å². The van der Waals surface area contributed by atoms with E-state index < -0.39 is 0 Å². The van der Waals surface area contributed by atoms with Crippen molar-refractivity contribution >= 4 is 27.6 Å². The van der Waals surface area contributed by atoms with Crippen LogP contribution in [0.2, 0.25) is 0 Å². The Bertz CT molecular complexity index is 755. The number of aromatic hydroxyl groups is 1. The topological polar surface area (TPSA) is 53.7 Å². The molecule has 1 fully saturated rings. The van der Waals surface area contributed by atoms with Crippen LogP contribution in [-0.4, -0.2) is 37.7 Å². The van der Waals surface area contributed by atoms with Crippen molar-refractivity contribution in [1.82, 2.24) is 19.5 Å². The van der Waals surface area contributed by atoms with Gasteiger partial charge in [0.1, 0.15) is 5.82 Å². The smallest absolute Gasteiger partial charge is 0.230 e. The van der Waals surface area contributed by atoms with E-state index in [2.05, 4.69) is 32.5 Å². The molecule has 7 heteroatoms. The molecule has 0 spiro atoms. The molecular formula is C14H16N4OS2. The zero-order chi connectivity index (χ0) is 14.4. The molecule has 1 aliphatic heterocycles. The van der Waals surface area contributed by atoms with E-state index in [1.165, 1.54) is 17.7 Å². The third-order valence-corrected chi connectivity index (χ3v) is 5.87. The number of hydrogen-bond acceptors (Lipinski definition) is 6. The van der Waals surface area contributed by atoms with Gasteiger partial charge in [-0.05, 0) is 44.3 Å². The molecule has 3 aromatic heterocycles. The molecule has 0 bridgehead atoms. The van der Waals surface area contributed by atoms with E-state index in [-0.39, 0.29) is 11.9 Å². The lowest BCUT2D eigenvalue weighted by Crippen LogP contribution is -2.25. The summed E-state index contributed by atoms with van der Waals surface area (Å²) in [7, 11) is 0. The molecule has 0 aliphatic carbocycles. The lowest BCUT2D eigenvalue weighted by atomic mass is 10.2. The molecule has 1 N–H and O–H groups in total. The molecule has 3 aromatic rings. The van der Waals surface area contributed by atoms with Crippen molar-refractivity contribution in [2.45, 2.75) is 25.8 Å². The second-order valence-electron chi connectivity index (χ2n) is 5.30. The minimum atomic E-state index is 0.126. The van der Waals surface area contributed by atoms with Crippen LogP contribution in [0.25, 0.3) is 4.96 Å². The second kappa shape index (κ2) is 5.08. The third-order valence-electron chi connectivity index (χ3n) is 3.87. The number of likely N-dealkylation sites (tertiary alicyclic amines) is 1. The Morgan fingerprint density at radius 3 is 2.81 bits per heavy atom. The number of thiophene rings is 1. The quantitative estimate of drug-likeness (QED) is 0.806. The standard InChI is InChI=1S/C14H16N4OS2/c1-9-15-14-18(16-9)13(19)12(21-14)11(10-5-4-8-20-10)17-6-2-3-7-17/h4-5,8,11,19H,2-3,6-7H2,1H3/t11-/m1/s1. The van der Waals surface area contributed by atoms with Crippen molar-refractivity contribution in [3.63, 3.8) is 0 Å². The largest absolute Gasteiger partial charge is 0.492 e. The predicted octanol–water partition coefficient (Wildman–Crippen LogP) is 3.05. The summed E-state index contributed by atoms with van der Waals surface area (Å²) in [5.74, 6) is 0.929. The van der Waals surface area contributed by atoms with Gasteiger partial charge in [0.25, 0.3) is 0 Å². The lowest BCUT2D eigenvalue weighted by Gasteiger charge is -2.25. The van der Waals surface area contributed by atoms with Crippen LogP contribution in [0.15, 0.2) is 17.5 Å². The van der Waals surface area contributed by atoms with Gasteiger partial charge in [0.05, 0.1) is 10.9 Å². The maximum atomic E-state index is 10.6. The highest BCUT2D eigenvalue weighted by Gasteiger charge is 2.31. The van der Waals surface area contributed by atoms with Gasteiger partial charge in [0.15, 0.2) is 0 Å². The molecule has 0 radical (unpaired) electrons. The van der Waals surface area contributed by atoms with Crippen LogP contribution in [0.5, 0.6) is 5.88 Å². The molecule has 4 rings (SSSR count). The molecule has 21 heavy (non-hydrogen) atoms. The lowest BCUT2D eigenvalue weighted by molar-refractivity contribution is 0.280. The normalized spacial score (nSPS) is 17.8. The fraction of sp³-hybridized carbons (Fsp3) is 0.429. The van der Waals surface area contributed by atoms with Gasteiger partial charge in [-0.1, -0.05) is 17.4 Å². The first kappa shape index (κ1) is 13.2. The first-order chi connectivity index (χ1) is 10.2. The van der Waals surface area contributed by atoms with Crippen LogP contribution >= 0.6 is 22.7 Å². The van der Waals surface area contributed by atoms with E-state index in [0.717, 1.165) is 22.9 Å². The number of rotatable bonds is 3. The van der Waals surface area contributed by atoms with Crippen LogP contribution in [0.3, 0.4) is 0 Å². The summed E-state index contributed by atoms with van der Waals surface area (Å²) in [6, 6.07) is 4.34. The van der Waals surface area contributed by atoms with E-state index in [0.29, 0.717) is 5.82 Å². The summed E-state index contributed by atoms with van der Waals surface area (Å²) in [5.41, 5.74) is 0. The van der Waals surface area contributed by atoms with Crippen LogP contribution in [0.4, 0.5) is 0 Å². The zero-order valence-electron chi connectivity index (χ0n) is 11.7. The summed E-state index contributed by atoms with van der Waals surface area (Å²) in [5, 5.41) is 16.9. The van der Waals surface area contributed by atoms with E-state index in [1.807, 2.05) is 6.92 Å². The number of nitrogens with zero attached hydrogens (tertiary/aromatic N) is 4. The Labute approximate surface area is 130 Å². The monoisotopic (exact) mass is 320 g/mol. The summed E-state index contributed by atoms with van der Waals surface area (Å²) >= 11 is 3.28. The molecule has 110 valence electrons. The molecular weight excluding hydrogens is 304 g/mol. The first-order valence-corrected chi connectivity index (χ1v) is 8.76. The fourth-order valence-electron chi connectivity index (χ4n) is 2.95. The van der Waals surface area contributed by atoms with Crippen molar-refractivity contribution < 1.29 is 5.11 Å². The maximum absolute atomic E-state index is 10.6.